The molecule has 0 aliphatic heterocycles. The summed E-state index contributed by atoms with van der Waals surface area (Å²) in [6, 6.07) is 8.28. The predicted molar refractivity (Wildman–Crippen MR) is 98.9 cm³/mol. The van der Waals surface area contributed by atoms with Gasteiger partial charge in [-0.05, 0) is 44.2 Å². The topological polar surface area (TPSA) is 73.2 Å². The first-order valence-corrected chi connectivity index (χ1v) is 9.51. The van der Waals surface area contributed by atoms with Crippen LogP contribution in [0.3, 0.4) is 0 Å². The fourth-order valence-corrected chi connectivity index (χ4v) is 4.05. The first-order chi connectivity index (χ1) is 11.8. The molecule has 0 amide bonds. The molecule has 0 aliphatic rings. The van der Waals surface area contributed by atoms with E-state index in [-0.39, 0.29) is 16.6 Å². The fraction of sp³-hybridized carbons (Fsp3) is 0.235. The number of methoxy groups -OCH3 is 1. The highest BCUT2D eigenvalue weighted by molar-refractivity contribution is 7.93. The van der Waals surface area contributed by atoms with Crippen LogP contribution in [0.5, 0.6) is 5.75 Å². The van der Waals surface area contributed by atoms with E-state index in [2.05, 4.69) is 9.71 Å². The van der Waals surface area contributed by atoms with Crippen LogP contribution in [0.25, 0.3) is 11.0 Å². The third-order valence-electron chi connectivity index (χ3n) is 3.80. The smallest absolute Gasteiger partial charge is 0.264 e. The number of benzene rings is 1. The third kappa shape index (κ3) is 3.29. The number of hydrogen-bond donors (Lipinski definition) is 1. The second-order valence-electron chi connectivity index (χ2n) is 5.82. The van der Waals surface area contributed by atoms with Crippen LogP contribution in [0.2, 0.25) is 5.02 Å². The number of nitrogens with zero attached hydrogens (tertiary/aromatic N) is 2. The highest BCUT2D eigenvalue weighted by Crippen LogP contribution is 2.32. The minimum absolute atomic E-state index is 0.0713. The molecule has 6 nitrogen and oxygen atoms in total. The van der Waals surface area contributed by atoms with Crippen molar-refractivity contribution < 1.29 is 13.2 Å². The minimum atomic E-state index is -3.85. The number of ether oxygens (including phenoxy) is 1. The van der Waals surface area contributed by atoms with Crippen LogP contribution in [0, 0.1) is 0 Å². The molecule has 0 radical (unpaired) electrons. The van der Waals surface area contributed by atoms with E-state index in [1.165, 1.54) is 13.2 Å². The molecular weight excluding hydrogens is 362 g/mol. The van der Waals surface area contributed by atoms with Crippen molar-refractivity contribution in [1.29, 1.82) is 0 Å². The first-order valence-electron chi connectivity index (χ1n) is 7.65. The van der Waals surface area contributed by atoms with Crippen LogP contribution < -0.4 is 9.46 Å². The van der Waals surface area contributed by atoms with E-state index in [1.54, 1.807) is 36.7 Å². The SMILES string of the molecule is COc1ccc(Cl)cc1NS(=O)(=O)c1cn(C(C)C)c2ncccc12. The normalized spacial score (nSPS) is 11.9. The van der Waals surface area contributed by atoms with Crippen molar-refractivity contribution in [2.45, 2.75) is 24.8 Å². The number of rotatable bonds is 5. The molecule has 0 atom stereocenters. The summed E-state index contributed by atoms with van der Waals surface area (Å²) in [4.78, 5) is 4.48. The van der Waals surface area contributed by atoms with Crippen molar-refractivity contribution >= 4 is 38.3 Å². The summed E-state index contributed by atoms with van der Waals surface area (Å²) >= 11 is 5.98. The van der Waals surface area contributed by atoms with Crippen molar-refractivity contribution in [1.82, 2.24) is 9.55 Å². The Morgan fingerprint density at radius 2 is 2.04 bits per heavy atom. The summed E-state index contributed by atoms with van der Waals surface area (Å²) in [5.74, 6) is 0.388. The Labute approximate surface area is 151 Å². The largest absolute Gasteiger partial charge is 0.495 e. The molecule has 3 aromatic rings. The van der Waals surface area contributed by atoms with E-state index in [1.807, 2.05) is 18.4 Å². The summed E-state index contributed by atoms with van der Waals surface area (Å²) in [7, 11) is -2.38. The maximum Gasteiger partial charge on any atom is 0.264 e. The van der Waals surface area contributed by atoms with Gasteiger partial charge in [-0.3, -0.25) is 4.72 Å². The van der Waals surface area contributed by atoms with Crippen LogP contribution in [-0.2, 0) is 10.0 Å². The highest BCUT2D eigenvalue weighted by atomic mass is 35.5. The minimum Gasteiger partial charge on any atom is -0.495 e. The Balaban J connectivity index is 2.13. The molecule has 0 saturated heterocycles. The lowest BCUT2D eigenvalue weighted by Crippen LogP contribution is -2.13. The Hall–Kier alpha value is -2.25. The lowest BCUT2D eigenvalue weighted by atomic mass is 10.3. The summed E-state index contributed by atoms with van der Waals surface area (Å²) < 4.78 is 35.6. The van der Waals surface area contributed by atoms with Crippen molar-refractivity contribution in [3.05, 3.63) is 47.7 Å². The summed E-state index contributed by atoms with van der Waals surface area (Å²) in [5.41, 5.74) is 0.903. The van der Waals surface area contributed by atoms with Gasteiger partial charge >= 0.3 is 0 Å². The first kappa shape index (κ1) is 17.6. The quantitative estimate of drug-likeness (QED) is 0.724. The number of fused-ring (bicyclic) bond motifs is 1. The zero-order valence-electron chi connectivity index (χ0n) is 14.0. The Kier molecular flexibility index (Phi) is 4.62. The molecule has 25 heavy (non-hydrogen) atoms. The molecule has 0 fully saturated rings. The van der Waals surface area contributed by atoms with E-state index in [0.717, 1.165) is 0 Å². The van der Waals surface area contributed by atoms with Crippen LogP contribution in [0.4, 0.5) is 5.69 Å². The molecule has 0 bridgehead atoms. The Morgan fingerprint density at radius 3 is 2.72 bits per heavy atom. The number of pyridine rings is 1. The molecule has 8 heteroatoms. The van der Waals surface area contributed by atoms with Crippen LogP contribution in [-0.4, -0.2) is 25.1 Å². The van der Waals surface area contributed by atoms with E-state index in [9.17, 15) is 8.42 Å². The maximum absolute atomic E-state index is 13.0. The second-order valence-corrected chi connectivity index (χ2v) is 7.91. The average molecular weight is 380 g/mol. The van der Waals surface area contributed by atoms with Gasteiger partial charge in [0.1, 0.15) is 16.3 Å². The third-order valence-corrected chi connectivity index (χ3v) is 5.43. The molecule has 0 spiro atoms. The van der Waals surface area contributed by atoms with E-state index in [4.69, 9.17) is 16.3 Å². The lowest BCUT2D eigenvalue weighted by Gasteiger charge is -2.11. The summed E-state index contributed by atoms with van der Waals surface area (Å²) in [6.45, 7) is 3.94. The highest BCUT2D eigenvalue weighted by Gasteiger charge is 2.23. The fourth-order valence-electron chi connectivity index (χ4n) is 2.62. The van der Waals surface area contributed by atoms with Gasteiger partial charge in [-0.2, -0.15) is 0 Å². The van der Waals surface area contributed by atoms with Gasteiger partial charge in [0.05, 0.1) is 12.8 Å². The number of anilines is 1. The van der Waals surface area contributed by atoms with Gasteiger partial charge in [0.25, 0.3) is 10.0 Å². The monoisotopic (exact) mass is 379 g/mol. The number of hydrogen-bond acceptors (Lipinski definition) is 4. The predicted octanol–water partition coefficient (Wildman–Crippen LogP) is 4.08. The second kappa shape index (κ2) is 6.57. The van der Waals surface area contributed by atoms with Gasteiger partial charge in [-0.25, -0.2) is 13.4 Å². The molecule has 0 unspecified atom stereocenters. The number of nitrogens with one attached hydrogen (secondary N) is 1. The van der Waals surface area contributed by atoms with Crippen LogP contribution in [0.15, 0.2) is 47.6 Å². The summed E-state index contributed by atoms with van der Waals surface area (Å²) in [5, 5.41) is 0.967. The van der Waals surface area contributed by atoms with Crippen LogP contribution >= 0.6 is 11.6 Å². The molecular formula is C17H18ClN3O3S. The van der Waals surface area contributed by atoms with Gasteiger partial charge in [-0.1, -0.05) is 11.6 Å². The zero-order valence-corrected chi connectivity index (χ0v) is 15.6. The molecule has 2 heterocycles. The van der Waals surface area contributed by atoms with Gasteiger partial charge in [0.15, 0.2) is 0 Å². The number of halogens is 1. The summed E-state index contributed by atoms with van der Waals surface area (Å²) in [6.07, 6.45) is 3.24. The zero-order chi connectivity index (χ0) is 18.2. The molecule has 3 rings (SSSR count). The molecule has 132 valence electrons. The van der Waals surface area contributed by atoms with Crippen molar-refractivity contribution in [3.63, 3.8) is 0 Å². The van der Waals surface area contributed by atoms with Crippen molar-refractivity contribution in [2.24, 2.45) is 0 Å². The maximum atomic E-state index is 13.0. The number of aromatic nitrogens is 2. The van der Waals surface area contributed by atoms with E-state index < -0.39 is 10.0 Å². The Bertz CT molecular complexity index is 1030. The van der Waals surface area contributed by atoms with Crippen molar-refractivity contribution in [2.75, 3.05) is 11.8 Å². The van der Waals surface area contributed by atoms with Crippen LogP contribution in [0.1, 0.15) is 19.9 Å². The molecule has 0 aliphatic carbocycles. The number of sulfonamides is 1. The van der Waals surface area contributed by atoms with E-state index >= 15 is 0 Å². The van der Waals surface area contributed by atoms with Crippen molar-refractivity contribution in [3.8, 4) is 5.75 Å². The average Bonchev–Trinajstić information content (AvgIpc) is 2.95. The standard InChI is InChI=1S/C17H18ClN3O3S/c1-11(2)21-10-16(13-5-4-8-19-17(13)21)25(22,23)20-14-9-12(18)6-7-15(14)24-3/h4-11,20H,1-3H3. The van der Waals surface area contributed by atoms with Gasteiger partial charge in [-0.15, -0.1) is 0 Å². The van der Waals surface area contributed by atoms with Gasteiger partial charge < -0.3 is 9.30 Å². The molecule has 1 aromatic carbocycles. The van der Waals surface area contributed by atoms with E-state index in [0.29, 0.717) is 21.8 Å². The molecule has 1 N–H and O–H groups in total. The Morgan fingerprint density at radius 1 is 1.28 bits per heavy atom. The lowest BCUT2D eigenvalue weighted by molar-refractivity contribution is 0.417. The van der Waals surface area contributed by atoms with Gasteiger partial charge in [0, 0.05) is 28.8 Å². The molecule has 2 aromatic heterocycles. The van der Waals surface area contributed by atoms with Gasteiger partial charge in [0.2, 0.25) is 0 Å². The molecule has 0 saturated carbocycles.